The zero-order valence-electron chi connectivity index (χ0n) is 13.3. The first-order valence-corrected chi connectivity index (χ1v) is 8.32. The summed E-state index contributed by atoms with van der Waals surface area (Å²) in [4.78, 5) is 4.41. The minimum atomic E-state index is -1.13. The Balaban J connectivity index is 2.10. The minimum Gasteiger partial charge on any atom is -0.598 e. The van der Waals surface area contributed by atoms with Gasteiger partial charge >= 0.3 is 0 Å². The summed E-state index contributed by atoms with van der Waals surface area (Å²) in [6, 6.07) is 10.0. The molecule has 1 N–H and O–H groups in total. The first-order chi connectivity index (χ1) is 10.3. The fourth-order valence-corrected chi connectivity index (χ4v) is 2.67. The highest BCUT2D eigenvalue weighted by Crippen LogP contribution is 2.22. The normalized spacial score (nSPS) is 14.6. The van der Waals surface area contributed by atoms with Crippen LogP contribution in [0.3, 0.4) is 0 Å². The van der Waals surface area contributed by atoms with Crippen molar-refractivity contribution in [3.8, 4) is 11.3 Å². The van der Waals surface area contributed by atoms with Crippen LogP contribution in [0.4, 0.5) is 4.39 Å². The maximum atomic E-state index is 12.9. The Morgan fingerprint density at radius 2 is 1.77 bits per heavy atom. The van der Waals surface area contributed by atoms with Crippen molar-refractivity contribution in [2.75, 3.05) is 0 Å². The molecule has 1 aromatic heterocycles. The molecule has 0 spiro atoms. The molecule has 5 heteroatoms. The van der Waals surface area contributed by atoms with Crippen molar-refractivity contribution in [2.45, 2.75) is 38.5 Å². The molecule has 0 radical (unpaired) electrons. The maximum Gasteiger partial charge on any atom is 0.136 e. The average molecular weight is 320 g/mol. The summed E-state index contributed by atoms with van der Waals surface area (Å²) >= 11 is -1.13. The van der Waals surface area contributed by atoms with Gasteiger partial charge in [0.05, 0.1) is 11.7 Å². The predicted molar refractivity (Wildman–Crippen MR) is 89.1 cm³/mol. The van der Waals surface area contributed by atoms with E-state index in [1.807, 2.05) is 39.8 Å². The van der Waals surface area contributed by atoms with Gasteiger partial charge in [-0.05, 0) is 63.6 Å². The molecule has 1 unspecified atom stereocenters. The van der Waals surface area contributed by atoms with Crippen LogP contribution in [0.25, 0.3) is 11.3 Å². The van der Waals surface area contributed by atoms with Gasteiger partial charge < -0.3 is 4.55 Å². The van der Waals surface area contributed by atoms with E-state index in [9.17, 15) is 8.94 Å². The highest BCUT2D eigenvalue weighted by atomic mass is 32.2. The number of aromatic nitrogens is 1. The van der Waals surface area contributed by atoms with Crippen molar-refractivity contribution in [2.24, 2.45) is 0 Å². The maximum absolute atomic E-state index is 12.9. The lowest BCUT2D eigenvalue weighted by Crippen LogP contribution is -2.40. The van der Waals surface area contributed by atoms with Gasteiger partial charge in [0.2, 0.25) is 0 Å². The van der Waals surface area contributed by atoms with Crippen LogP contribution >= 0.6 is 0 Å². The molecule has 0 saturated heterocycles. The molecule has 0 aliphatic heterocycles. The van der Waals surface area contributed by atoms with Gasteiger partial charge in [-0.3, -0.25) is 4.98 Å². The zero-order chi connectivity index (χ0) is 16.3. The van der Waals surface area contributed by atoms with Crippen LogP contribution in [0.1, 0.15) is 39.3 Å². The number of pyridine rings is 1. The molecular weight excluding hydrogens is 299 g/mol. The van der Waals surface area contributed by atoms with E-state index in [0.717, 1.165) is 16.8 Å². The first kappa shape index (κ1) is 16.9. The van der Waals surface area contributed by atoms with E-state index < -0.39 is 11.4 Å². The molecule has 3 nitrogen and oxygen atoms in total. The second kappa shape index (κ2) is 6.77. The minimum absolute atomic E-state index is 0.0603. The van der Waals surface area contributed by atoms with Gasteiger partial charge in [0, 0.05) is 23.1 Å². The monoisotopic (exact) mass is 320 g/mol. The van der Waals surface area contributed by atoms with Crippen LogP contribution in [-0.2, 0) is 11.4 Å². The van der Waals surface area contributed by atoms with Crippen molar-refractivity contribution in [3.05, 3.63) is 54.0 Å². The van der Waals surface area contributed by atoms with E-state index in [-0.39, 0.29) is 16.6 Å². The largest absolute Gasteiger partial charge is 0.598 e. The van der Waals surface area contributed by atoms with E-state index in [1.165, 1.54) is 12.1 Å². The molecule has 0 aliphatic rings. The Morgan fingerprint density at radius 1 is 1.14 bits per heavy atom. The number of rotatable bonds is 4. The van der Waals surface area contributed by atoms with Crippen molar-refractivity contribution < 1.29 is 8.94 Å². The number of hydrogen-bond acceptors (Lipinski definition) is 3. The SMILES string of the molecule is C[C@H](N[S+]([O-])C(C)(C)C)c1ccc(-c2ccc(F)cc2)nc1. The fraction of sp³-hybridized carbons (Fsp3) is 0.353. The summed E-state index contributed by atoms with van der Waals surface area (Å²) in [5.74, 6) is -0.261. The summed E-state index contributed by atoms with van der Waals surface area (Å²) in [6.45, 7) is 7.74. The third-order valence-corrected chi connectivity index (χ3v) is 4.95. The highest BCUT2D eigenvalue weighted by Gasteiger charge is 2.28. The molecule has 0 bridgehead atoms. The molecular formula is C17H21FN2OS. The van der Waals surface area contributed by atoms with Gasteiger partial charge in [0.1, 0.15) is 10.6 Å². The second-order valence-corrected chi connectivity index (χ2v) is 8.20. The van der Waals surface area contributed by atoms with Gasteiger partial charge in [0.15, 0.2) is 0 Å². The van der Waals surface area contributed by atoms with Crippen molar-refractivity contribution in [1.29, 1.82) is 0 Å². The smallest absolute Gasteiger partial charge is 0.136 e. The Morgan fingerprint density at radius 3 is 2.27 bits per heavy atom. The van der Waals surface area contributed by atoms with Crippen molar-refractivity contribution >= 4 is 11.4 Å². The van der Waals surface area contributed by atoms with Crippen LogP contribution < -0.4 is 4.72 Å². The molecule has 2 rings (SSSR count). The predicted octanol–water partition coefficient (Wildman–Crippen LogP) is 4.00. The van der Waals surface area contributed by atoms with E-state index in [0.29, 0.717) is 0 Å². The lowest BCUT2D eigenvalue weighted by atomic mass is 10.1. The molecule has 0 aliphatic carbocycles. The van der Waals surface area contributed by atoms with E-state index in [1.54, 1.807) is 18.3 Å². The van der Waals surface area contributed by atoms with E-state index in [2.05, 4.69) is 9.71 Å². The van der Waals surface area contributed by atoms with Gasteiger partial charge in [-0.15, -0.1) is 4.72 Å². The van der Waals surface area contributed by atoms with Gasteiger partial charge in [-0.2, -0.15) is 0 Å². The van der Waals surface area contributed by atoms with Gasteiger partial charge in [-0.1, -0.05) is 6.07 Å². The molecule has 1 aromatic carbocycles. The van der Waals surface area contributed by atoms with Crippen LogP contribution in [0.2, 0.25) is 0 Å². The number of nitrogens with zero attached hydrogens (tertiary/aromatic N) is 1. The molecule has 2 atom stereocenters. The quantitative estimate of drug-likeness (QED) is 0.866. The van der Waals surface area contributed by atoms with Gasteiger partial charge in [0.25, 0.3) is 0 Å². The number of benzene rings is 1. The molecule has 1 heterocycles. The van der Waals surface area contributed by atoms with Crippen LogP contribution in [0.15, 0.2) is 42.6 Å². The third kappa shape index (κ3) is 4.29. The highest BCUT2D eigenvalue weighted by molar-refractivity contribution is 7.90. The Bertz CT molecular complexity index is 608. The second-order valence-electron chi connectivity index (χ2n) is 6.20. The lowest BCUT2D eigenvalue weighted by Gasteiger charge is -2.26. The molecule has 22 heavy (non-hydrogen) atoms. The van der Waals surface area contributed by atoms with E-state index >= 15 is 0 Å². The Hall–Kier alpha value is -1.43. The summed E-state index contributed by atoms with van der Waals surface area (Å²) in [5, 5.41) is 0. The Labute approximate surface area is 134 Å². The average Bonchev–Trinajstić information content (AvgIpc) is 2.47. The van der Waals surface area contributed by atoms with Crippen molar-refractivity contribution in [3.63, 3.8) is 0 Å². The summed E-state index contributed by atoms with van der Waals surface area (Å²) in [5.41, 5.74) is 2.61. The lowest BCUT2D eigenvalue weighted by molar-refractivity contribution is 0.531. The van der Waals surface area contributed by atoms with E-state index in [4.69, 9.17) is 0 Å². The van der Waals surface area contributed by atoms with Gasteiger partial charge in [-0.25, -0.2) is 4.39 Å². The third-order valence-electron chi connectivity index (χ3n) is 3.27. The summed E-state index contributed by atoms with van der Waals surface area (Å²) in [6.07, 6.45) is 1.76. The topological polar surface area (TPSA) is 48.0 Å². The van der Waals surface area contributed by atoms with Crippen LogP contribution in [0.5, 0.6) is 0 Å². The van der Waals surface area contributed by atoms with Crippen LogP contribution in [0, 0.1) is 5.82 Å². The fourth-order valence-electron chi connectivity index (χ4n) is 1.86. The summed E-state index contributed by atoms with van der Waals surface area (Å²) < 4.78 is 27.8. The molecule has 2 aromatic rings. The molecule has 0 saturated carbocycles. The molecule has 0 fully saturated rings. The molecule has 118 valence electrons. The zero-order valence-corrected chi connectivity index (χ0v) is 14.1. The van der Waals surface area contributed by atoms with Crippen LogP contribution in [-0.4, -0.2) is 14.3 Å². The number of hydrogen-bond donors (Lipinski definition) is 1. The number of halogens is 1. The molecule has 0 amide bonds. The van der Waals surface area contributed by atoms with Crippen molar-refractivity contribution in [1.82, 2.24) is 9.71 Å². The summed E-state index contributed by atoms with van der Waals surface area (Å²) in [7, 11) is 0. The standard InChI is InChI=1S/C17H21FN2OS/c1-12(20-22(21)17(2,3)4)14-7-10-16(19-11-14)13-5-8-15(18)9-6-13/h5-12,20H,1-4H3/t12-,22?/m0/s1. The Kier molecular flexibility index (Phi) is 5.21. The first-order valence-electron chi connectivity index (χ1n) is 7.17. The number of nitrogens with one attached hydrogen (secondary N) is 1.